The van der Waals surface area contributed by atoms with Gasteiger partial charge < -0.3 is 10.4 Å². The molecule has 0 bridgehead atoms. The van der Waals surface area contributed by atoms with Crippen molar-refractivity contribution in [3.05, 3.63) is 0 Å². The van der Waals surface area contributed by atoms with Crippen molar-refractivity contribution in [3.8, 4) is 0 Å². The van der Waals surface area contributed by atoms with E-state index >= 15 is 0 Å². The zero-order chi connectivity index (χ0) is 13.7. The van der Waals surface area contributed by atoms with Gasteiger partial charge in [0.25, 0.3) is 0 Å². The number of nitrogens with zero attached hydrogens (tertiary/aromatic N) is 2. The number of aliphatic hydroxyl groups is 1. The summed E-state index contributed by atoms with van der Waals surface area (Å²) in [4.78, 5) is 20.6. The highest BCUT2D eigenvalue weighted by molar-refractivity contribution is 6.16. The van der Waals surface area contributed by atoms with E-state index in [-0.39, 0.29) is 18.4 Å². The summed E-state index contributed by atoms with van der Waals surface area (Å²) in [6, 6.07) is 0. The predicted molar refractivity (Wildman–Crippen MR) is 74.3 cm³/mol. The third kappa shape index (κ3) is 3.84. The van der Waals surface area contributed by atoms with E-state index in [1.54, 1.807) is 0 Å². The molecule has 1 fully saturated rings. The van der Waals surface area contributed by atoms with E-state index in [1.165, 1.54) is 0 Å². The summed E-state index contributed by atoms with van der Waals surface area (Å²) < 4.78 is 0. The van der Waals surface area contributed by atoms with Gasteiger partial charge in [-0.3, -0.25) is 15.1 Å². The van der Waals surface area contributed by atoms with Gasteiger partial charge >= 0.3 is 0 Å². The molecule has 0 aromatic rings. The second kappa shape index (κ2) is 6.77. The number of carbonyl (C=O) groups is 1. The number of aliphatic imine (C=N–C) groups is 2. The van der Waals surface area contributed by atoms with Gasteiger partial charge in [0.05, 0.1) is 5.92 Å². The SMILES string of the molecule is CC1=NC(=NCC2CCNCC2)NC(=O)C1CCO. The van der Waals surface area contributed by atoms with Gasteiger partial charge in [0.2, 0.25) is 11.9 Å². The van der Waals surface area contributed by atoms with Gasteiger partial charge in [-0.1, -0.05) is 0 Å². The first-order chi connectivity index (χ1) is 9.20. The maximum Gasteiger partial charge on any atom is 0.235 e. The van der Waals surface area contributed by atoms with Crippen LogP contribution >= 0.6 is 0 Å². The number of rotatable bonds is 4. The summed E-state index contributed by atoms with van der Waals surface area (Å²) in [5.74, 6) is 0.583. The van der Waals surface area contributed by atoms with E-state index in [0.29, 0.717) is 18.3 Å². The first-order valence-corrected chi connectivity index (χ1v) is 6.92. The number of piperidine rings is 1. The van der Waals surface area contributed by atoms with E-state index in [0.717, 1.165) is 38.2 Å². The van der Waals surface area contributed by atoms with Crippen LogP contribution in [0.2, 0.25) is 0 Å². The molecule has 0 saturated carbocycles. The van der Waals surface area contributed by atoms with Gasteiger partial charge in [-0.05, 0) is 45.2 Å². The minimum atomic E-state index is -0.317. The molecule has 2 rings (SSSR count). The van der Waals surface area contributed by atoms with Crippen molar-refractivity contribution in [2.24, 2.45) is 21.8 Å². The number of hydrogen-bond acceptors (Lipinski definition) is 4. The minimum absolute atomic E-state index is 0.00744. The van der Waals surface area contributed by atoms with E-state index < -0.39 is 0 Å². The fraction of sp³-hybridized carbons (Fsp3) is 0.769. The van der Waals surface area contributed by atoms with E-state index in [2.05, 4.69) is 20.6 Å². The molecule has 2 aliphatic rings. The van der Waals surface area contributed by atoms with Crippen LogP contribution in [0.3, 0.4) is 0 Å². The summed E-state index contributed by atoms with van der Waals surface area (Å²) in [5, 5.41) is 15.0. The van der Waals surface area contributed by atoms with Crippen LogP contribution in [0.5, 0.6) is 0 Å². The lowest BCUT2D eigenvalue weighted by Gasteiger charge is -2.23. The molecule has 3 N–H and O–H groups in total. The summed E-state index contributed by atoms with van der Waals surface area (Å²) in [6.45, 7) is 4.62. The fourth-order valence-corrected chi connectivity index (χ4v) is 2.48. The van der Waals surface area contributed by atoms with Crippen molar-refractivity contribution < 1.29 is 9.90 Å². The number of aliphatic hydroxyl groups excluding tert-OH is 1. The molecule has 0 aliphatic carbocycles. The molecule has 0 radical (unpaired) electrons. The van der Waals surface area contributed by atoms with Crippen LogP contribution in [0.1, 0.15) is 26.2 Å². The van der Waals surface area contributed by atoms with Crippen molar-refractivity contribution in [1.29, 1.82) is 0 Å². The lowest BCUT2D eigenvalue weighted by atomic mass is 9.98. The second-order valence-corrected chi connectivity index (χ2v) is 5.16. The van der Waals surface area contributed by atoms with Crippen LogP contribution in [0, 0.1) is 11.8 Å². The maximum atomic E-state index is 11.9. The third-order valence-corrected chi connectivity index (χ3v) is 3.71. The van der Waals surface area contributed by atoms with Crippen LogP contribution in [0.15, 0.2) is 9.98 Å². The van der Waals surface area contributed by atoms with Crippen LogP contribution in [-0.4, -0.2) is 48.9 Å². The Morgan fingerprint density at radius 3 is 2.79 bits per heavy atom. The average molecular weight is 266 g/mol. The van der Waals surface area contributed by atoms with Gasteiger partial charge in [-0.2, -0.15) is 0 Å². The van der Waals surface area contributed by atoms with Crippen LogP contribution in [0.25, 0.3) is 0 Å². The summed E-state index contributed by atoms with van der Waals surface area (Å²) >= 11 is 0. The van der Waals surface area contributed by atoms with E-state index in [9.17, 15) is 4.79 Å². The lowest BCUT2D eigenvalue weighted by Crippen LogP contribution is -2.43. The molecule has 1 atom stereocenters. The average Bonchev–Trinajstić information content (AvgIpc) is 2.42. The van der Waals surface area contributed by atoms with Crippen molar-refractivity contribution >= 4 is 17.6 Å². The minimum Gasteiger partial charge on any atom is -0.396 e. The Morgan fingerprint density at radius 1 is 1.42 bits per heavy atom. The number of carbonyl (C=O) groups excluding carboxylic acids is 1. The zero-order valence-corrected chi connectivity index (χ0v) is 11.4. The molecule has 1 amide bonds. The van der Waals surface area contributed by atoms with E-state index in [1.807, 2.05) is 6.92 Å². The second-order valence-electron chi connectivity index (χ2n) is 5.16. The zero-order valence-electron chi connectivity index (χ0n) is 11.4. The summed E-state index contributed by atoms with van der Waals surface area (Å²) in [5.41, 5.74) is 0.738. The topological polar surface area (TPSA) is 86.1 Å². The Hall–Kier alpha value is -1.27. The smallest absolute Gasteiger partial charge is 0.235 e. The largest absolute Gasteiger partial charge is 0.396 e. The van der Waals surface area contributed by atoms with Gasteiger partial charge in [-0.15, -0.1) is 0 Å². The molecule has 6 nitrogen and oxygen atoms in total. The monoisotopic (exact) mass is 266 g/mol. The molecule has 2 aliphatic heterocycles. The molecule has 1 unspecified atom stereocenters. The predicted octanol–water partition coefficient (Wildman–Crippen LogP) is -0.0687. The number of hydrogen-bond donors (Lipinski definition) is 3. The molecule has 0 aromatic heterocycles. The van der Waals surface area contributed by atoms with Crippen molar-refractivity contribution in [1.82, 2.24) is 10.6 Å². The fourth-order valence-electron chi connectivity index (χ4n) is 2.48. The van der Waals surface area contributed by atoms with Gasteiger partial charge in [0.1, 0.15) is 0 Å². The number of guanidine groups is 1. The van der Waals surface area contributed by atoms with Gasteiger partial charge in [-0.25, -0.2) is 4.99 Å². The van der Waals surface area contributed by atoms with Crippen LogP contribution in [-0.2, 0) is 4.79 Å². The first-order valence-electron chi connectivity index (χ1n) is 6.92. The molecule has 19 heavy (non-hydrogen) atoms. The maximum absolute atomic E-state index is 11.9. The van der Waals surface area contributed by atoms with Crippen LogP contribution in [0.4, 0.5) is 0 Å². The van der Waals surface area contributed by atoms with Crippen molar-refractivity contribution in [2.75, 3.05) is 26.2 Å². The lowest BCUT2D eigenvalue weighted by molar-refractivity contribution is -0.122. The number of nitrogens with one attached hydrogen (secondary N) is 2. The molecule has 0 aromatic carbocycles. The number of amides is 1. The highest BCUT2D eigenvalue weighted by Crippen LogP contribution is 2.13. The summed E-state index contributed by atoms with van der Waals surface area (Å²) in [6.07, 6.45) is 2.67. The Bertz CT molecular complexity index is 386. The highest BCUT2D eigenvalue weighted by atomic mass is 16.3. The quantitative estimate of drug-likeness (QED) is 0.666. The highest BCUT2D eigenvalue weighted by Gasteiger charge is 2.26. The molecule has 2 heterocycles. The van der Waals surface area contributed by atoms with E-state index in [4.69, 9.17) is 5.11 Å². The van der Waals surface area contributed by atoms with Gasteiger partial charge in [0.15, 0.2) is 0 Å². The molecule has 106 valence electrons. The molecule has 1 saturated heterocycles. The molecule has 0 spiro atoms. The normalized spacial score (nSPS) is 27.3. The Kier molecular flexibility index (Phi) is 5.04. The Morgan fingerprint density at radius 2 is 2.16 bits per heavy atom. The van der Waals surface area contributed by atoms with Crippen molar-refractivity contribution in [2.45, 2.75) is 26.2 Å². The Labute approximate surface area is 113 Å². The molecular weight excluding hydrogens is 244 g/mol. The Balaban J connectivity index is 1.95. The summed E-state index contributed by atoms with van der Waals surface area (Å²) in [7, 11) is 0. The van der Waals surface area contributed by atoms with Crippen molar-refractivity contribution in [3.63, 3.8) is 0 Å². The molecule has 6 heteroatoms. The molecular formula is C13H22N4O2. The first kappa shape index (κ1) is 14.1. The standard InChI is InChI=1S/C13H22N4O2/c1-9-11(4-7-18)12(19)17-13(16-9)15-8-10-2-5-14-6-3-10/h10-11,14,18H,2-8H2,1H3,(H,15,17,19). The van der Waals surface area contributed by atoms with Crippen LogP contribution < -0.4 is 10.6 Å². The van der Waals surface area contributed by atoms with Gasteiger partial charge in [0, 0.05) is 18.9 Å². The third-order valence-electron chi connectivity index (χ3n) is 3.71.